The van der Waals surface area contributed by atoms with Gasteiger partial charge < -0.3 is 9.47 Å². The molecule has 1 heterocycles. The first kappa shape index (κ1) is 13.6. The number of methoxy groups -OCH3 is 1. The third-order valence-electron chi connectivity index (χ3n) is 3.52. The standard InChI is InChI=1S/C16H14BrFO2/c1-19-13-4-5-14(15(18)7-13)16(17)10-2-3-11-8-20-9-12(11)6-10/h2-7,16H,8-9H2,1H3. The molecule has 2 aromatic carbocycles. The molecule has 0 aromatic heterocycles. The Morgan fingerprint density at radius 3 is 2.70 bits per heavy atom. The average Bonchev–Trinajstić information content (AvgIpc) is 2.93. The Balaban J connectivity index is 1.94. The van der Waals surface area contributed by atoms with E-state index in [2.05, 4.69) is 22.0 Å². The monoisotopic (exact) mass is 336 g/mol. The summed E-state index contributed by atoms with van der Waals surface area (Å²) < 4.78 is 24.5. The largest absolute Gasteiger partial charge is 0.497 e. The van der Waals surface area contributed by atoms with Gasteiger partial charge in [0.25, 0.3) is 0 Å². The summed E-state index contributed by atoms with van der Waals surface area (Å²) in [6, 6.07) is 11.1. The maximum Gasteiger partial charge on any atom is 0.131 e. The quantitative estimate of drug-likeness (QED) is 0.776. The van der Waals surface area contributed by atoms with Crippen molar-refractivity contribution in [3.05, 3.63) is 64.5 Å². The van der Waals surface area contributed by atoms with Crippen molar-refractivity contribution in [2.45, 2.75) is 18.0 Å². The van der Waals surface area contributed by atoms with Crippen molar-refractivity contribution in [3.63, 3.8) is 0 Å². The number of hydrogen-bond acceptors (Lipinski definition) is 2. The molecule has 1 atom stereocenters. The molecule has 0 aliphatic carbocycles. The van der Waals surface area contributed by atoms with Gasteiger partial charge in [0.2, 0.25) is 0 Å². The molecule has 2 nitrogen and oxygen atoms in total. The van der Waals surface area contributed by atoms with Crippen molar-refractivity contribution in [1.82, 2.24) is 0 Å². The molecule has 0 N–H and O–H groups in total. The molecular formula is C16H14BrFO2. The van der Waals surface area contributed by atoms with E-state index in [1.165, 1.54) is 24.3 Å². The van der Waals surface area contributed by atoms with Crippen LogP contribution in [0.25, 0.3) is 0 Å². The van der Waals surface area contributed by atoms with E-state index in [0.29, 0.717) is 24.5 Å². The van der Waals surface area contributed by atoms with E-state index in [0.717, 1.165) is 5.56 Å². The first-order valence-corrected chi connectivity index (χ1v) is 7.27. The van der Waals surface area contributed by atoms with E-state index in [4.69, 9.17) is 9.47 Å². The lowest BCUT2D eigenvalue weighted by Crippen LogP contribution is -1.98. The fraction of sp³-hybridized carbons (Fsp3) is 0.250. The molecule has 4 heteroatoms. The van der Waals surface area contributed by atoms with Gasteiger partial charge in [-0.05, 0) is 22.8 Å². The minimum absolute atomic E-state index is 0.181. The van der Waals surface area contributed by atoms with Crippen LogP contribution in [0.1, 0.15) is 27.1 Å². The Morgan fingerprint density at radius 1 is 1.15 bits per heavy atom. The lowest BCUT2D eigenvalue weighted by molar-refractivity contribution is 0.134. The zero-order chi connectivity index (χ0) is 14.1. The third kappa shape index (κ3) is 2.45. The summed E-state index contributed by atoms with van der Waals surface area (Å²) in [6.45, 7) is 1.30. The molecule has 104 valence electrons. The molecule has 20 heavy (non-hydrogen) atoms. The second kappa shape index (κ2) is 5.54. The van der Waals surface area contributed by atoms with E-state index in [9.17, 15) is 4.39 Å². The van der Waals surface area contributed by atoms with Crippen molar-refractivity contribution >= 4 is 15.9 Å². The number of ether oxygens (including phenoxy) is 2. The summed E-state index contributed by atoms with van der Waals surface area (Å²) in [4.78, 5) is -0.181. The molecule has 0 bridgehead atoms. The van der Waals surface area contributed by atoms with Crippen molar-refractivity contribution in [2.24, 2.45) is 0 Å². The van der Waals surface area contributed by atoms with Crippen LogP contribution in [0, 0.1) is 5.82 Å². The summed E-state index contributed by atoms with van der Waals surface area (Å²) in [5, 5.41) is 0. The number of alkyl halides is 1. The molecular weight excluding hydrogens is 323 g/mol. The Kier molecular flexibility index (Phi) is 3.76. The minimum atomic E-state index is -0.275. The topological polar surface area (TPSA) is 18.5 Å². The number of rotatable bonds is 3. The van der Waals surface area contributed by atoms with Crippen molar-refractivity contribution in [3.8, 4) is 5.75 Å². The molecule has 0 saturated carbocycles. The molecule has 1 aliphatic heterocycles. The van der Waals surface area contributed by atoms with Crippen LogP contribution in [0.5, 0.6) is 5.75 Å². The fourth-order valence-electron chi connectivity index (χ4n) is 2.37. The fourth-order valence-corrected chi connectivity index (χ4v) is 3.03. The molecule has 0 fully saturated rings. The third-order valence-corrected chi connectivity index (χ3v) is 4.54. The van der Waals surface area contributed by atoms with E-state index in [1.54, 1.807) is 12.1 Å². The van der Waals surface area contributed by atoms with Crippen LogP contribution in [0.15, 0.2) is 36.4 Å². The zero-order valence-electron chi connectivity index (χ0n) is 11.0. The second-order valence-corrected chi connectivity index (χ2v) is 5.69. The van der Waals surface area contributed by atoms with Gasteiger partial charge in [0, 0.05) is 11.6 Å². The smallest absolute Gasteiger partial charge is 0.131 e. The van der Waals surface area contributed by atoms with Crippen LogP contribution in [-0.2, 0) is 18.0 Å². The van der Waals surface area contributed by atoms with E-state index >= 15 is 0 Å². The van der Waals surface area contributed by atoms with Gasteiger partial charge in [0.05, 0.1) is 25.2 Å². The average molecular weight is 337 g/mol. The lowest BCUT2D eigenvalue weighted by atomic mass is 10.00. The normalized spacial score (nSPS) is 14.9. The van der Waals surface area contributed by atoms with Crippen molar-refractivity contribution < 1.29 is 13.9 Å². The lowest BCUT2D eigenvalue weighted by Gasteiger charge is -2.13. The molecule has 1 unspecified atom stereocenters. The first-order valence-electron chi connectivity index (χ1n) is 6.36. The van der Waals surface area contributed by atoms with Crippen LogP contribution in [-0.4, -0.2) is 7.11 Å². The Labute approximate surface area is 125 Å². The van der Waals surface area contributed by atoms with Gasteiger partial charge in [0.1, 0.15) is 11.6 Å². The molecule has 0 amide bonds. The Hall–Kier alpha value is -1.39. The van der Waals surface area contributed by atoms with Gasteiger partial charge >= 0.3 is 0 Å². The highest BCUT2D eigenvalue weighted by molar-refractivity contribution is 9.09. The van der Waals surface area contributed by atoms with E-state index in [-0.39, 0.29) is 10.6 Å². The number of hydrogen-bond donors (Lipinski definition) is 0. The molecule has 0 saturated heterocycles. The SMILES string of the molecule is COc1ccc(C(Br)c2ccc3c(c2)COC3)c(F)c1. The summed E-state index contributed by atoms with van der Waals surface area (Å²) in [5.74, 6) is 0.247. The highest BCUT2D eigenvalue weighted by Gasteiger charge is 2.18. The predicted octanol–water partition coefficient (Wildman–Crippen LogP) is 4.35. The van der Waals surface area contributed by atoms with Gasteiger partial charge in [-0.25, -0.2) is 4.39 Å². The first-order chi connectivity index (χ1) is 9.69. The van der Waals surface area contributed by atoms with E-state index < -0.39 is 0 Å². The second-order valence-electron chi connectivity index (χ2n) is 4.77. The van der Waals surface area contributed by atoms with Crippen LogP contribution in [0.3, 0.4) is 0 Å². The van der Waals surface area contributed by atoms with Crippen LogP contribution in [0.2, 0.25) is 0 Å². The van der Waals surface area contributed by atoms with Crippen molar-refractivity contribution in [1.29, 1.82) is 0 Å². The zero-order valence-corrected chi connectivity index (χ0v) is 12.6. The number of benzene rings is 2. The molecule has 3 rings (SSSR count). The molecule has 0 radical (unpaired) electrons. The van der Waals surface area contributed by atoms with Gasteiger partial charge in [-0.15, -0.1) is 0 Å². The predicted molar refractivity (Wildman–Crippen MR) is 78.7 cm³/mol. The number of fused-ring (bicyclic) bond motifs is 1. The molecule has 1 aliphatic rings. The summed E-state index contributed by atoms with van der Waals surface area (Å²) in [7, 11) is 1.53. The van der Waals surface area contributed by atoms with E-state index in [1.807, 2.05) is 12.1 Å². The van der Waals surface area contributed by atoms with Gasteiger partial charge in [-0.1, -0.05) is 40.2 Å². The Morgan fingerprint density at radius 2 is 1.95 bits per heavy atom. The highest BCUT2D eigenvalue weighted by atomic mass is 79.9. The minimum Gasteiger partial charge on any atom is -0.497 e. The summed E-state index contributed by atoms with van der Waals surface area (Å²) in [5.41, 5.74) is 4.02. The van der Waals surface area contributed by atoms with Crippen LogP contribution < -0.4 is 4.74 Å². The van der Waals surface area contributed by atoms with Crippen LogP contribution in [0.4, 0.5) is 4.39 Å². The van der Waals surface area contributed by atoms with Gasteiger partial charge in [-0.3, -0.25) is 0 Å². The summed E-state index contributed by atoms with van der Waals surface area (Å²) >= 11 is 3.58. The van der Waals surface area contributed by atoms with Crippen LogP contribution >= 0.6 is 15.9 Å². The highest BCUT2D eigenvalue weighted by Crippen LogP contribution is 2.35. The number of halogens is 2. The maximum atomic E-state index is 14.1. The van der Waals surface area contributed by atoms with Crippen molar-refractivity contribution in [2.75, 3.05) is 7.11 Å². The van der Waals surface area contributed by atoms with Gasteiger partial charge in [-0.2, -0.15) is 0 Å². The summed E-state index contributed by atoms with van der Waals surface area (Å²) in [6.07, 6.45) is 0. The molecule has 0 spiro atoms. The Bertz CT molecular complexity index is 642. The molecule has 2 aromatic rings. The van der Waals surface area contributed by atoms with Gasteiger partial charge in [0.15, 0.2) is 0 Å². The maximum absolute atomic E-state index is 14.1.